The maximum Gasteiger partial charge on any atom is 0.488 e. The number of rotatable bonds is 3. The van der Waals surface area contributed by atoms with Gasteiger partial charge in [0.15, 0.2) is 0 Å². The molecule has 0 heterocycles. The highest BCUT2D eigenvalue weighted by atomic mass is 32.1. The van der Waals surface area contributed by atoms with Gasteiger partial charge < -0.3 is 10.0 Å². The van der Waals surface area contributed by atoms with E-state index < -0.39 is 7.12 Å². The molecular formula is C9H11BO3S. The smallest absolute Gasteiger partial charge is 0.423 e. The molecule has 1 aromatic carbocycles. The first-order chi connectivity index (χ1) is 6.50. The molecule has 0 saturated carbocycles. The van der Waals surface area contributed by atoms with Crippen molar-refractivity contribution in [2.24, 2.45) is 0 Å². The summed E-state index contributed by atoms with van der Waals surface area (Å²) in [6.45, 7) is 1.48. The summed E-state index contributed by atoms with van der Waals surface area (Å²) in [7, 11) is -1.50. The minimum atomic E-state index is -1.50. The maximum absolute atomic E-state index is 10.9. The Morgan fingerprint density at radius 2 is 2.14 bits per heavy atom. The first-order valence-corrected chi connectivity index (χ1v) is 4.63. The van der Waals surface area contributed by atoms with E-state index in [0.717, 1.165) is 0 Å². The summed E-state index contributed by atoms with van der Waals surface area (Å²) in [5, 5.41) is 17.8. The van der Waals surface area contributed by atoms with Gasteiger partial charge in [0.05, 0.1) is 0 Å². The van der Waals surface area contributed by atoms with Crippen molar-refractivity contribution in [3.8, 4) is 0 Å². The van der Waals surface area contributed by atoms with Crippen LogP contribution in [0.15, 0.2) is 23.1 Å². The molecule has 0 spiro atoms. The van der Waals surface area contributed by atoms with Crippen molar-refractivity contribution in [3.05, 3.63) is 23.8 Å². The average molecular weight is 210 g/mol. The second kappa shape index (κ2) is 4.64. The van der Waals surface area contributed by atoms with Gasteiger partial charge in [-0.2, -0.15) is 0 Å². The lowest BCUT2D eigenvalue weighted by Crippen LogP contribution is -2.30. The average Bonchev–Trinajstić information content (AvgIpc) is 2.07. The fraction of sp³-hybridized carbons (Fsp3) is 0.222. The third-order valence-electron chi connectivity index (χ3n) is 1.84. The molecule has 0 amide bonds. The number of thiol groups is 1. The van der Waals surface area contributed by atoms with Gasteiger partial charge >= 0.3 is 7.12 Å². The molecule has 14 heavy (non-hydrogen) atoms. The largest absolute Gasteiger partial charge is 0.488 e. The Balaban J connectivity index is 3.02. The van der Waals surface area contributed by atoms with Crippen LogP contribution in [-0.4, -0.2) is 22.9 Å². The van der Waals surface area contributed by atoms with Gasteiger partial charge in [0.2, 0.25) is 0 Å². The standard InChI is InChI=1S/C9H11BO3S/c1-6(11)4-7-5-8(10(12)13)2-3-9(7)14/h2-3,5,12-14H,4H2,1H3. The molecule has 0 saturated heterocycles. The van der Waals surface area contributed by atoms with E-state index in [-0.39, 0.29) is 12.2 Å². The Labute approximate surface area is 88.3 Å². The van der Waals surface area contributed by atoms with E-state index in [0.29, 0.717) is 15.9 Å². The fourth-order valence-electron chi connectivity index (χ4n) is 1.18. The monoisotopic (exact) mass is 210 g/mol. The van der Waals surface area contributed by atoms with Gasteiger partial charge in [-0.15, -0.1) is 12.6 Å². The van der Waals surface area contributed by atoms with Gasteiger partial charge in [0, 0.05) is 11.3 Å². The third-order valence-corrected chi connectivity index (χ3v) is 2.28. The van der Waals surface area contributed by atoms with Gasteiger partial charge in [-0.3, -0.25) is 4.79 Å². The summed E-state index contributed by atoms with van der Waals surface area (Å²) in [5.41, 5.74) is 1.09. The lowest BCUT2D eigenvalue weighted by Gasteiger charge is -2.05. The summed E-state index contributed by atoms with van der Waals surface area (Å²) < 4.78 is 0. The van der Waals surface area contributed by atoms with Gasteiger partial charge in [-0.25, -0.2) is 0 Å². The van der Waals surface area contributed by atoms with Crippen LogP contribution in [0.25, 0.3) is 0 Å². The van der Waals surface area contributed by atoms with Crippen LogP contribution >= 0.6 is 12.6 Å². The highest BCUT2D eigenvalue weighted by molar-refractivity contribution is 7.80. The molecule has 0 bridgehead atoms. The zero-order chi connectivity index (χ0) is 10.7. The summed E-state index contributed by atoms with van der Waals surface area (Å²) in [4.78, 5) is 11.6. The predicted octanol–water partition coefficient (Wildman–Crippen LogP) is -0.213. The van der Waals surface area contributed by atoms with E-state index in [1.807, 2.05) is 0 Å². The molecule has 2 N–H and O–H groups in total. The Bertz CT molecular complexity index is 352. The Morgan fingerprint density at radius 1 is 1.50 bits per heavy atom. The molecule has 0 radical (unpaired) electrons. The molecule has 0 aliphatic carbocycles. The van der Waals surface area contributed by atoms with E-state index in [4.69, 9.17) is 10.0 Å². The summed E-state index contributed by atoms with van der Waals surface area (Å²) >= 11 is 4.17. The fourth-order valence-corrected chi connectivity index (χ4v) is 1.39. The molecule has 0 aliphatic rings. The Hall–Kier alpha value is -0.775. The van der Waals surface area contributed by atoms with Crippen LogP contribution in [0.5, 0.6) is 0 Å². The minimum Gasteiger partial charge on any atom is -0.423 e. The lowest BCUT2D eigenvalue weighted by molar-refractivity contribution is -0.116. The molecule has 1 rings (SSSR count). The summed E-state index contributed by atoms with van der Waals surface area (Å²) in [5.74, 6) is 0.0184. The first-order valence-electron chi connectivity index (χ1n) is 4.18. The van der Waals surface area contributed by atoms with E-state index in [2.05, 4.69) is 12.6 Å². The molecular weight excluding hydrogens is 199 g/mol. The van der Waals surface area contributed by atoms with Gasteiger partial charge in [0.25, 0.3) is 0 Å². The highest BCUT2D eigenvalue weighted by Crippen LogP contribution is 2.12. The number of carbonyl (C=O) groups is 1. The van der Waals surface area contributed by atoms with E-state index in [1.165, 1.54) is 6.92 Å². The van der Waals surface area contributed by atoms with Crippen LogP contribution in [0, 0.1) is 0 Å². The number of benzene rings is 1. The van der Waals surface area contributed by atoms with E-state index >= 15 is 0 Å². The third kappa shape index (κ3) is 2.87. The van der Waals surface area contributed by atoms with Crippen molar-refractivity contribution in [3.63, 3.8) is 0 Å². The van der Waals surface area contributed by atoms with Crippen molar-refractivity contribution in [1.82, 2.24) is 0 Å². The molecule has 3 nitrogen and oxygen atoms in total. The van der Waals surface area contributed by atoms with Crippen LogP contribution in [0.4, 0.5) is 0 Å². The van der Waals surface area contributed by atoms with Crippen molar-refractivity contribution >= 4 is 31.0 Å². The molecule has 0 aromatic heterocycles. The predicted molar refractivity (Wildman–Crippen MR) is 57.9 cm³/mol. The summed E-state index contributed by atoms with van der Waals surface area (Å²) in [6.07, 6.45) is 0.263. The van der Waals surface area contributed by atoms with Crippen molar-refractivity contribution in [2.45, 2.75) is 18.2 Å². The van der Waals surface area contributed by atoms with Crippen LogP contribution in [0.2, 0.25) is 0 Å². The summed E-state index contributed by atoms with van der Waals surface area (Å²) in [6, 6.07) is 4.79. The molecule has 0 atom stereocenters. The highest BCUT2D eigenvalue weighted by Gasteiger charge is 2.12. The Kier molecular flexibility index (Phi) is 3.74. The second-order valence-corrected chi connectivity index (χ2v) is 3.62. The number of ketones is 1. The lowest BCUT2D eigenvalue weighted by atomic mass is 9.79. The van der Waals surface area contributed by atoms with Crippen molar-refractivity contribution < 1.29 is 14.8 Å². The van der Waals surface area contributed by atoms with E-state index in [9.17, 15) is 4.79 Å². The first kappa shape index (κ1) is 11.3. The number of carbonyl (C=O) groups excluding carboxylic acids is 1. The molecule has 0 fully saturated rings. The number of hydrogen-bond donors (Lipinski definition) is 3. The molecule has 5 heteroatoms. The number of hydrogen-bond acceptors (Lipinski definition) is 4. The van der Waals surface area contributed by atoms with Gasteiger partial charge in [-0.05, 0) is 24.0 Å². The van der Waals surface area contributed by atoms with E-state index in [1.54, 1.807) is 18.2 Å². The Morgan fingerprint density at radius 3 is 2.64 bits per heavy atom. The molecule has 1 aromatic rings. The normalized spacial score (nSPS) is 10.0. The van der Waals surface area contributed by atoms with Crippen LogP contribution < -0.4 is 5.46 Å². The zero-order valence-corrected chi connectivity index (χ0v) is 8.66. The molecule has 0 unspecified atom stereocenters. The van der Waals surface area contributed by atoms with Crippen molar-refractivity contribution in [2.75, 3.05) is 0 Å². The number of Topliss-reactive ketones (excluding diaryl/α,β-unsaturated/α-hetero) is 1. The van der Waals surface area contributed by atoms with Gasteiger partial charge in [-0.1, -0.05) is 12.1 Å². The van der Waals surface area contributed by atoms with Crippen LogP contribution in [0.1, 0.15) is 12.5 Å². The minimum absolute atomic E-state index is 0.0184. The van der Waals surface area contributed by atoms with Crippen LogP contribution in [0.3, 0.4) is 0 Å². The van der Waals surface area contributed by atoms with Crippen LogP contribution in [-0.2, 0) is 11.2 Å². The second-order valence-electron chi connectivity index (χ2n) is 3.14. The van der Waals surface area contributed by atoms with Gasteiger partial charge in [0.1, 0.15) is 5.78 Å². The quantitative estimate of drug-likeness (QED) is 0.477. The SMILES string of the molecule is CC(=O)Cc1cc(B(O)O)ccc1S. The van der Waals surface area contributed by atoms with Crippen molar-refractivity contribution in [1.29, 1.82) is 0 Å². The molecule has 0 aliphatic heterocycles. The molecule has 74 valence electrons. The topological polar surface area (TPSA) is 57.5 Å². The zero-order valence-electron chi connectivity index (χ0n) is 7.77. The maximum atomic E-state index is 10.9.